The van der Waals surface area contributed by atoms with E-state index in [2.05, 4.69) is 13.0 Å². The molecule has 0 aromatic carbocycles. The van der Waals surface area contributed by atoms with Crippen LogP contribution in [0.2, 0.25) is 0 Å². The van der Waals surface area contributed by atoms with Gasteiger partial charge in [-0.1, -0.05) is 67.7 Å². The molecule has 2 heteroatoms. The Morgan fingerprint density at radius 3 is 2.21 bits per heavy atom. The van der Waals surface area contributed by atoms with E-state index in [-0.39, 0.29) is 5.57 Å². The maximum absolute atomic E-state index is 10.8. The summed E-state index contributed by atoms with van der Waals surface area (Å²) in [4.78, 5) is 10.8. The lowest BCUT2D eigenvalue weighted by Gasteiger charge is -1.90. The molecule has 0 saturated carbocycles. The smallest absolute Gasteiger partial charge is 0.335 e. The van der Waals surface area contributed by atoms with Crippen molar-refractivity contribution < 1.29 is 9.90 Å². The van der Waals surface area contributed by atoms with Crippen LogP contribution in [0.5, 0.6) is 0 Å². The second-order valence-electron chi connectivity index (χ2n) is 3.74. The van der Waals surface area contributed by atoms with Gasteiger partial charge in [-0.3, -0.25) is 0 Å². The van der Waals surface area contributed by atoms with E-state index in [0.29, 0.717) is 0 Å². The molecule has 0 aromatic heterocycles. The monoisotopic (exact) mass is 258 g/mol. The molecule has 2 nitrogen and oxygen atoms in total. The normalized spacial score (nSPS) is 13.9. The first-order valence-electron chi connectivity index (χ1n) is 6.43. The van der Waals surface area contributed by atoms with Crippen LogP contribution in [-0.2, 0) is 4.79 Å². The molecule has 0 aliphatic heterocycles. The van der Waals surface area contributed by atoms with Gasteiger partial charge in [0.1, 0.15) is 0 Å². The molecule has 0 radical (unpaired) electrons. The zero-order valence-corrected chi connectivity index (χ0v) is 11.6. The number of carbonyl (C=O) groups is 1. The highest BCUT2D eigenvalue weighted by atomic mass is 16.4. The van der Waals surface area contributed by atoms with E-state index in [9.17, 15) is 4.79 Å². The van der Waals surface area contributed by atoms with Crippen LogP contribution in [0.25, 0.3) is 0 Å². The average Bonchev–Trinajstić information content (AvgIpc) is 2.39. The minimum atomic E-state index is -0.913. The summed E-state index contributed by atoms with van der Waals surface area (Å²) in [5.74, 6) is -0.913. The number of allylic oxidation sites excluding steroid dienone is 10. The summed E-state index contributed by atoms with van der Waals surface area (Å²) in [6.07, 6.45) is 22.4. The van der Waals surface area contributed by atoms with Crippen LogP contribution in [0.15, 0.2) is 72.4 Å². The molecule has 102 valence electrons. The molecule has 0 amide bonds. The van der Waals surface area contributed by atoms with Crippen LogP contribution in [0, 0.1) is 0 Å². The zero-order valence-electron chi connectivity index (χ0n) is 11.6. The fourth-order valence-corrected chi connectivity index (χ4v) is 1.21. The summed E-state index contributed by atoms with van der Waals surface area (Å²) < 4.78 is 0. The molecule has 0 saturated heterocycles. The van der Waals surface area contributed by atoms with Crippen molar-refractivity contribution in [1.82, 2.24) is 0 Å². The number of rotatable bonds is 8. The Bertz CT molecular complexity index is 419. The van der Waals surface area contributed by atoms with Gasteiger partial charge in [-0.25, -0.2) is 4.79 Å². The van der Waals surface area contributed by atoms with Gasteiger partial charge in [-0.2, -0.15) is 0 Å². The quantitative estimate of drug-likeness (QED) is 0.510. The van der Waals surface area contributed by atoms with Crippen molar-refractivity contribution in [1.29, 1.82) is 0 Å². The maximum atomic E-state index is 10.8. The lowest BCUT2D eigenvalue weighted by Crippen LogP contribution is -1.96. The van der Waals surface area contributed by atoms with Gasteiger partial charge in [-0.15, -0.1) is 0 Å². The van der Waals surface area contributed by atoms with Crippen LogP contribution < -0.4 is 0 Å². The van der Waals surface area contributed by atoms with Gasteiger partial charge in [-0.05, 0) is 25.8 Å². The van der Waals surface area contributed by atoms with E-state index < -0.39 is 5.97 Å². The molecule has 0 heterocycles. The molecule has 0 spiro atoms. The van der Waals surface area contributed by atoms with E-state index in [1.807, 2.05) is 36.5 Å². The zero-order chi connectivity index (χ0) is 14.3. The van der Waals surface area contributed by atoms with Crippen LogP contribution in [0.4, 0.5) is 0 Å². The SMILES string of the molecule is C/C=C/C(=C/C=C/C/C=C/C=C/C=C/CC)C(=O)O. The number of hydrogen-bond donors (Lipinski definition) is 1. The van der Waals surface area contributed by atoms with Gasteiger partial charge in [0, 0.05) is 0 Å². The summed E-state index contributed by atoms with van der Waals surface area (Å²) in [7, 11) is 0. The molecule has 1 N–H and O–H groups in total. The summed E-state index contributed by atoms with van der Waals surface area (Å²) in [6, 6.07) is 0. The minimum Gasteiger partial charge on any atom is -0.478 e. The fraction of sp³-hybridized carbons (Fsp3) is 0.235. The third-order valence-corrected chi connectivity index (χ3v) is 2.12. The molecular weight excluding hydrogens is 236 g/mol. The van der Waals surface area contributed by atoms with E-state index in [0.717, 1.165) is 12.8 Å². The highest BCUT2D eigenvalue weighted by molar-refractivity contribution is 5.90. The van der Waals surface area contributed by atoms with E-state index in [1.54, 1.807) is 31.2 Å². The van der Waals surface area contributed by atoms with Crippen molar-refractivity contribution in [3.63, 3.8) is 0 Å². The van der Waals surface area contributed by atoms with Crippen molar-refractivity contribution in [2.45, 2.75) is 26.7 Å². The van der Waals surface area contributed by atoms with Crippen molar-refractivity contribution in [3.8, 4) is 0 Å². The number of carboxylic acids is 1. The lowest BCUT2D eigenvalue weighted by atomic mass is 10.2. The number of hydrogen-bond acceptors (Lipinski definition) is 1. The summed E-state index contributed by atoms with van der Waals surface area (Å²) in [5.41, 5.74) is 0.285. The Kier molecular flexibility index (Phi) is 11.0. The molecular formula is C17H22O2. The molecule has 0 unspecified atom stereocenters. The second kappa shape index (κ2) is 12.4. The predicted molar refractivity (Wildman–Crippen MR) is 82.0 cm³/mol. The lowest BCUT2D eigenvalue weighted by molar-refractivity contribution is -0.132. The molecule has 0 rings (SSSR count). The maximum Gasteiger partial charge on any atom is 0.335 e. The van der Waals surface area contributed by atoms with Crippen molar-refractivity contribution in [2.75, 3.05) is 0 Å². The highest BCUT2D eigenvalue weighted by Gasteiger charge is 1.98. The Morgan fingerprint density at radius 1 is 1.00 bits per heavy atom. The molecule has 0 aliphatic rings. The van der Waals surface area contributed by atoms with Crippen molar-refractivity contribution in [2.24, 2.45) is 0 Å². The molecule has 0 aliphatic carbocycles. The minimum absolute atomic E-state index is 0.285. The molecule has 0 atom stereocenters. The molecule has 0 bridgehead atoms. The molecule has 0 fully saturated rings. The third-order valence-electron chi connectivity index (χ3n) is 2.12. The van der Waals surface area contributed by atoms with E-state index in [4.69, 9.17) is 5.11 Å². The molecule has 19 heavy (non-hydrogen) atoms. The van der Waals surface area contributed by atoms with Gasteiger partial charge in [0.2, 0.25) is 0 Å². The van der Waals surface area contributed by atoms with Crippen molar-refractivity contribution in [3.05, 3.63) is 72.4 Å². The summed E-state index contributed by atoms with van der Waals surface area (Å²) in [6.45, 7) is 3.89. The van der Waals surface area contributed by atoms with Crippen LogP contribution in [0.1, 0.15) is 26.7 Å². The van der Waals surface area contributed by atoms with Crippen LogP contribution in [-0.4, -0.2) is 11.1 Å². The highest BCUT2D eigenvalue weighted by Crippen LogP contribution is 1.98. The average molecular weight is 258 g/mol. The third kappa shape index (κ3) is 10.8. The van der Waals surface area contributed by atoms with Crippen LogP contribution in [0.3, 0.4) is 0 Å². The first-order chi connectivity index (χ1) is 9.22. The molecule has 0 aromatic rings. The second-order valence-corrected chi connectivity index (χ2v) is 3.74. The van der Waals surface area contributed by atoms with Gasteiger partial charge >= 0.3 is 5.97 Å². The predicted octanol–water partition coefficient (Wildman–Crippen LogP) is 4.60. The number of carboxylic acid groups (broad SMARTS) is 1. The van der Waals surface area contributed by atoms with Crippen molar-refractivity contribution >= 4 is 5.97 Å². The topological polar surface area (TPSA) is 37.3 Å². The van der Waals surface area contributed by atoms with E-state index in [1.165, 1.54) is 0 Å². The largest absolute Gasteiger partial charge is 0.478 e. The van der Waals surface area contributed by atoms with Gasteiger partial charge in [0.15, 0.2) is 0 Å². The standard InChI is InChI=1S/C17H22O2/c1-3-5-6-7-8-9-10-11-12-13-15-16(14-4-2)17(18)19/h4-10,12-15H,3,11H2,1-2H3,(H,18,19)/b6-5+,8-7+,10-9+,13-12+,14-4+,16-15-. The van der Waals surface area contributed by atoms with Gasteiger partial charge in [0.25, 0.3) is 0 Å². The van der Waals surface area contributed by atoms with Gasteiger partial charge in [0.05, 0.1) is 5.57 Å². The Morgan fingerprint density at radius 2 is 1.63 bits per heavy atom. The fourth-order valence-electron chi connectivity index (χ4n) is 1.21. The Labute approximate surface area is 115 Å². The Balaban J connectivity index is 4.12. The first kappa shape index (κ1) is 16.9. The Hall–Kier alpha value is -2.09. The number of aliphatic carboxylic acids is 1. The van der Waals surface area contributed by atoms with Crippen LogP contribution >= 0.6 is 0 Å². The first-order valence-corrected chi connectivity index (χ1v) is 6.43. The van der Waals surface area contributed by atoms with E-state index >= 15 is 0 Å². The summed E-state index contributed by atoms with van der Waals surface area (Å²) in [5, 5.41) is 8.86. The summed E-state index contributed by atoms with van der Waals surface area (Å²) >= 11 is 0. The van der Waals surface area contributed by atoms with Gasteiger partial charge < -0.3 is 5.11 Å².